The Bertz CT molecular complexity index is 56.6. The van der Waals surface area contributed by atoms with Gasteiger partial charge in [0.25, 0.3) is 0 Å². The first-order chi connectivity index (χ1) is 4.88. The molecule has 0 saturated carbocycles. The van der Waals surface area contributed by atoms with Gasteiger partial charge in [0.1, 0.15) is 0 Å². The van der Waals surface area contributed by atoms with Gasteiger partial charge in [-0.05, 0) is 0 Å². The number of hydrogen-bond acceptors (Lipinski definition) is 1. The first kappa shape index (κ1) is 23.3. The zero-order valence-corrected chi connectivity index (χ0v) is 11.7. The average molecular weight is 218 g/mol. The van der Waals surface area contributed by atoms with Crippen molar-refractivity contribution >= 4 is 46.4 Å². The summed E-state index contributed by atoms with van der Waals surface area (Å²) in [6, 6.07) is 0. The van der Waals surface area contributed by atoms with E-state index in [2.05, 4.69) is 41.5 Å². The van der Waals surface area contributed by atoms with E-state index in [9.17, 15) is 0 Å². The predicted molar refractivity (Wildman–Crippen MR) is 56.0 cm³/mol. The summed E-state index contributed by atoms with van der Waals surface area (Å²) in [6.45, 7) is 15.5. The molecule has 0 radical (unpaired) electrons. The second kappa shape index (κ2) is 22.8. The zero-order valence-electron chi connectivity index (χ0n) is 8.58. The third-order valence-corrected chi connectivity index (χ3v) is 0. The van der Waals surface area contributed by atoms with Crippen molar-refractivity contribution in [1.82, 2.24) is 0 Å². The Balaban J connectivity index is -0.0000000389. The molecule has 0 fully saturated rings. The molecule has 12 heavy (non-hydrogen) atoms. The molecule has 0 aliphatic heterocycles. The summed E-state index contributed by atoms with van der Waals surface area (Å²) in [5.74, 6) is 1.17. The maximum Gasteiger partial charge on any atom is 2.00 e. The standard InChI is InChI=1S/2C4H9.Ca.HO2P/c2*1-4(2)3;;1-3-2/h2*4H,1H2,2-3H3;;(H,1,2)/q2*-1;+2;. The van der Waals surface area contributed by atoms with E-state index in [1.807, 2.05) is 0 Å². The van der Waals surface area contributed by atoms with Crippen LogP contribution in [0.2, 0.25) is 0 Å². The summed E-state index contributed by atoms with van der Waals surface area (Å²) in [6.07, 6.45) is 0. The van der Waals surface area contributed by atoms with Crippen LogP contribution in [0.15, 0.2) is 0 Å². The Morgan fingerprint density at radius 2 is 1.08 bits per heavy atom. The van der Waals surface area contributed by atoms with Gasteiger partial charge in [-0.2, -0.15) is 11.8 Å². The van der Waals surface area contributed by atoms with Crippen molar-refractivity contribution in [2.45, 2.75) is 27.7 Å². The van der Waals surface area contributed by atoms with E-state index in [-0.39, 0.29) is 37.7 Å². The van der Waals surface area contributed by atoms with Crippen molar-refractivity contribution < 1.29 is 9.46 Å². The van der Waals surface area contributed by atoms with Crippen LogP contribution in [0, 0.1) is 25.7 Å². The van der Waals surface area contributed by atoms with Gasteiger partial charge in [-0.3, -0.25) is 0 Å². The fourth-order valence-electron chi connectivity index (χ4n) is 0. The van der Waals surface area contributed by atoms with Crippen LogP contribution in [0.1, 0.15) is 27.7 Å². The number of rotatable bonds is 0. The maximum atomic E-state index is 8.46. The quantitative estimate of drug-likeness (QED) is 0.385. The summed E-state index contributed by atoms with van der Waals surface area (Å²) in [4.78, 5) is 6.99. The normalized spacial score (nSPS) is 7.75. The first-order valence-corrected chi connectivity index (χ1v) is 4.27. The van der Waals surface area contributed by atoms with Crippen LogP contribution in [0.5, 0.6) is 0 Å². The first-order valence-electron chi connectivity index (χ1n) is 3.51. The number of hydrogen-bond donors (Lipinski definition) is 1. The molecule has 0 aromatic rings. The molecule has 0 aliphatic rings. The van der Waals surface area contributed by atoms with Crippen LogP contribution < -0.4 is 0 Å². The maximum absolute atomic E-state index is 8.46. The van der Waals surface area contributed by atoms with E-state index < -0.39 is 8.69 Å². The fraction of sp³-hybridized carbons (Fsp3) is 0.750. The Labute approximate surface area is 108 Å². The molecule has 0 aromatic carbocycles. The van der Waals surface area contributed by atoms with Crippen molar-refractivity contribution in [2.75, 3.05) is 0 Å². The molecule has 0 atom stereocenters. The van der Waals surface area contributed by atoms with Crippen molar-refractivity contribution in [1.29, 1.82) is 0 Å². The topological polar surface area (TPSA) is 37.3 Å². The molecule has 0 spiro atoms. The van der Waals surface area contributed by atoms with E-state index in [1.165, 1.54) is 0 Å². The Morgan fingerprint density at radius 1 is 1.08 bits per heavy atom. The van der Waals surface area contributed by atoms with Crippen molar-refractivity contribution in [2.24, 2.45) is 11.8 Å². The van der Waals surface area contributed by atoms with E-state index in [1.54, 1.807) is 0 Å². The van der Waals surface area contributed by atoms with Crippen molar-refractivity contribution in [3.05, 3.63) is 13.8 Å². The monoisotopic (exact) mass is 218 g/mol. The third kappa shape index (κ3) is 692. The van der Waals surface area contributed by atoms with Gasteiger partial charge in [-0.15, -0.1) is 0 Å². The molecule has 0 aromatic heterocycles. The van der Waals surface area contributed by atoms with Crippen LogP contribution in [0.4, 0.5) is 0 Å². The van der Waals surface area contributed by atoms with Crippen LogP contribution in [0.3, 0.4) is 0 Å². The summed E-state index contributed by atoms with van der Waals surface area (Å²) < 4.78 is 8.46. The Hall–Kier alpha value is 1.32. The van der Waals surface area contributed by atoms with Crippen LogP contribution in [-0.4, -0.2) is 42.6 Å². The van der Waals surface area contributed by atoms with Crippen molar-refractivity contribution in [3.8, 4) is 0 Å². The third-order valence-electron chi connectivity index (χ3n) is 0. The summed E-state index contributed by atoms with van der Waals surface area (Å²) in [5, 5.41) is 0. The van der Waals surface area contributed by atoms with E-state index in [0.717, 1.165) is 0 Å². The molecule has 0 saturated heterocycles. The Morgan fingerprint density at radius 3 is 1.08 bits per heavy atom. The Kier molecular flexibility index (Phi) is 44.2. The van der Waals surface area contributed by atoms with Gasteiger partial charge in [0.05, 0.1) is 0 Å². The van der Waals surface area contributed by atoms with Gasteiger partial charge in [0, 0.05) is 0 Å². The second-order valence-corrected chi connectivity index (χ2v) is 3.03. The van der Waals surface area contributed by atoms with Crippen molar-refractivity contribution in [3.63, 3.8) is 0 Å². The summed E-state index contributed by atoms with van der Waals surface area (Å²) in [7, 11) is -0.833. The van der Waals surface area contributed by atoms with E-state index in [4.69, 9.17) is 9.46 Å². The fourth-order valence-corrected chi connectivity index (χ4v) is 0. The second-order valence-electron chi connectivity index (χ2n) is 2.87. The van der Waals surface area contributed by atoms with Gasteiger partial charge in [-0.1, -0.05) is 27.7 Å². The van der Waals surface area contributed by atoms with E-state index >= 15 is 0 Å². The molecule has 70 valence electrons. The smallest absolute Gasteiger partial charge is 0.341 e. The molecule has 0 rings (SSSR count). The summed E-state index contributed by atoms with van der Waals surface area (Å²) in [5.41, 5.74) is 0. The molecular formula is C8H19CaO2P. The molecule has 0 aliphatic carbocycles. The summed E-state index contributed by atoms with van der Waals surface area (Å²) >= 11 is 0. The van der Waals surface area contributed by atoms with Gasteiger partial charge >= 0.3 is 46.4 Å². The van der Waals surface area contributed by atoms with Crippen LogP contribution in [-0.2, 0) is 4.57 Å². The molecule has 0 bridgehead atoms. The predicted octanol–water partition coefficient (Wildman–Crippen LogP) is 2.76. The van der Waals surface area contributed by atoms with Gasteiger partial charge in [-0.25, -0.2) is 4.57 Å². The molecule has 0 amide bonds. The SMILES string of the molecule is O=PO.[CH2-]C(C)C.[CH2-]C(C)C.[Ca+2]. The molecule has 1 N–H and O–H groups in total. The average Bonchev–Trinajstić information content (AvgIpc) is 1.60. The zero-order chi connectivity index (χ0) is 9.86. The molecular weight excluding hydrogens is 199 g/mol. The molecule has 2 nitrogen and oxygen atoms in total. The van der Waals surface area contributed by atoms with Gasteiger partial charge in [0.15, 0.2) is 0 Å². The van der Waals surface area contributed by atoms with E-state index in [0.29, 0.717) is 11.8 Å². The molecule has 4 heteroatoms. The molecule has 0 unspecified atom stereocenters. The largest absolute Gasteiger partial charge is 2.00 e. The van der Waals surface area contributed by atoms with Gasteiger partial charge < -0.3 is 18.7 Å². The minimum absolute atomic E-state index is 0. The van der Waals surface area contributed by atoms with Crippen LogP contribution >= 0.6 is 8.69 Å². The minimum Gasteiger partial charge on any atom is -0.341 e. The molecule has 0 heterocycles. The van der Waals surface area contributed by atoms with Crippen LogP contribution in [0.25, 0.3) is 0 Å². The van der Waals surface area contributed by atoms with Gasteiger partial charge in [0.2, 0.25) is 0 Å². The minimum atomic E-state index is -0.833.